The highest BCUT2D eigenvalue weighted by Gasteiger charge is 2.48. The first-order chi connectivity index (χ1) is 20.1. The summed E-state index contributed by atoms with van der Waals surface area (Å²) in [5, 5.41) is 12.1. The van der Waals surface area contributed by atoms with Crippen molar-refractivity contribution in [1.82, 2.24) is 4.98 Å². The fraction of sp³-hybridized carbons (Fsp3) is 0.324. The lowest BCUT2D eigenvalue weighted by atomic mass is 9.94. The second-order valence-electron chi connectivity index (χ2n) is 11.7. The molecule has 0 aliphatic carbocycles. The predicted molar refractivity (Wildman–Crippen MR) is 166 cm³/mol. The lowest BCUT2D eigenvalue weighted by Crippen LogP contribution is -2.29. The van der Waals surface area contributed by atoms with Crippen LogP contribution in [0, 0.1) is 19.8 Å². The van der Waals surface area contributed by atoms with Gasteiger partial charge in [-0.1, -0.05) is 43.4 Å². The van der Waals surface area contributed by atoms with Crippen LogP contribution in [0.5, 0.6) is 11.5 Å². The number of hydrogen-bond acceptors (Lipinski definition) is 7. The van der Waals surface area contributed by atoms with Crippen LogP contribution in [0.15, 0.2) is 60.2 Å². The Kier molecular flexibility index (Phi) is 7.27. The number of fused-ring (bicyclic) bond motifs is 2. The number of benzene rings is 3. The molecule has 0 bridgehead atoms. The van der Waals surface area contributed by atoms with Gasteiger partial charge < -0.3 is 14.6 Å². The fourth-order valence-corrected chi connectivity index (χ4v) is 6.89. The minimum atomic E-state index is -0.885. The number of nitrogens with zero attached hydrogens (tertiary/aromatic N) is 2. The van der Waals surface area contributed by atoms with E-state index in [9.17, 15) is 14.7 Å². The van der Waals surface area contributed by atoms with Crippen LogP contribution >= 0.6 is 11.3 Å². The molecule has 6 rings (SSSR count). The number of aliphatic hydroxyl groups excluding tert-OH is 1. The van der Waals surface area contributed by atoms with Crippen molar-refractivity contribution in [1.29, 1.82) is 0 Å². The molecule has 1 saturated heterocycles. The molecule has 0 radical (unpaired) electrons. The molecule has 42 heavy (non-hydrogen) atoms. The van der Waals surface area contributed by atoms with Gasteiger partial charge in [-0.25, -0.2) is 4.98 Å². The summed E-state index contributed by atoms with van der Waals surface area (Å²) < 4.78 is 12.8. The number of Topliss-reactive ketones (excluding diaryl/α,β-unsaturated/α-hetero) is 1. The number of aliphatic hydroxyl groups is 1. The van der Waals surface area contributed by atoms with E-state index < -0.39 is 17.7 Å². The highest BCUT2D eigenvalue weighted by atomic mass is 32.1. The van der Waals surface area contributed by atoms with E-state index >= 15 is 0 Å². The normalized spacial score (nSPS) is 19.5. The third-order valence-electron chi connectivity index (χ3n) is 7.78. The minimum absolute atomic E-state index is 0.0263. The maximum atomic E-state index is 13.8. The van der Waals surface area contributed by atoms with Gasteiger partial charge in [0.15, 0.2) is 5.13 Å². The van der Waals surface area contributed by atoms with Gasteiger partial charge in [-0.15, -0.1) is 0 Å². The van der Waals surface area contributed by atoms with Crippen LogP contribution in [0.2, 0.25) is 0 Å². The zero-order chi connectivity index (χ0) is 29.7. The maximum absolute atomic E-state index is 13.8. The first-order valence-electron chi connectivity index (χ1n) is 14.3. The van der Waals surface area contributed by atoms with Crippen molar-refractivity contribution in [2.45, 2.75) is 59.6 Å². The summed E-state index contributed by atoms with van der Waals surface area (Å²) in [5.74, 6) is 0.204. The van der Waals surface area contributed by atoms with E-state index in [2.05, 4.69) is 13.8 Å². The molecule has 3 heterocycles. The molecule has 0 unspecified atom stereocenters. The largest absolute Gasteiger partial charge is 0.507 e. The number of carbonyl (C=O) groups excluding carboxylic acids is 2. The molecule has 2 aliphatic rings. The standard InChI is InChI=1S/C34H34N2O5S/c1-18(2)11-12-40-25-8-6-7-22(17-25)30-28(31(37)23-9-10-26-24(16-23)15-21(5)41-26)32(38)33(39)36(30)34-35-29-20(4)13-19(3)14-27(29)42-34/h6-10,13-14,16-18,21,30,37H,11-12,15H2,1-5H3/b31-28+/t21-,30+/m0/s1. The molecule has 0 spiro atoms. The molecule has 7 nitrogen and oxygen atoms in total. The number of thiazole rings is 1. The van der Waals surface area contributed by atoms with Crippen LogP contribution in [0.1, 0.15) is 61.1 Å². The van der Waals surface area contributed by atoms with Gasteiger partial charge >= 0.3 is 5.91 Å². The summed E-state index contributed by atoms with van der Waals surface area (Å²) in [6, 6.07) is 16.0. The van der Waals surface area contributed by atoms with Crippen LogP contribution in [-0.4, -0.2) is 34.5 Å². The summed E-state index contributed by atoms with van der Waals surface area (Å²) >= 11 is 1.36. The molecule has 1 fully saturated rings. The summed E-state index contributed by atoms with van der Waals surface area (Å²) in [6.07, 6.45) is 1.63. The maximum Gasteiger partial charge on any atom is 0.301 e. The Labute approximate surface area is 249 Å². The van der Waals surface area contributed by atoms with Crippen LogP contribution in [0.3, 0.4) is 0 Å². The molecule has 2 aliphatic heterocycles. The number of carbonyl (C=O) groups is 2. The minimum Gasteiger partial charge on any atom is -0.507 e. The SMILES string of the molecule is Cc1cc(C)c2nc(N3C(=O)C(=O)/C(=C(/O)c4ccc5c(c4)C[C@H](C)O5)[C@H]3c3cccc(OCCC(C)C)c3)sc2c1. The van der Waals surface area contributed by atoms with Crippen molar-refractivity contribution < 1.29 is 24.2 Å². The Bertz CT molecular complexity index is 1750. The van der Waals surface area contributed by atoms with Gasteiger partial charge in [0, 0.05) is 12.0 Å². The lowest BCUT2D eigenvalue weighted by molar-refractivity contribution is -0.132. The molecule has 1 aromatic heterocycles. The van der Waals surface area contributed by atoms with Gasteiger partial charge in [-0.2, -0.15) is 0 Å². The molecule has 1 N–H and O–H groups in total. The molecule has 4 aromatic rings. The Morgan fingerprint density at radius 3 is 2.74 bits per heavy atom. The first-order valence-corrected chi connectivity index (χ1v) is 15.1. The smallest absolute Gasteiger partial charge is 0.301 e. The number of ketones is 1. The third-order valence-corrected chi connectivity index (χ3v) is 8.78. The van der Waals surface area contributed by atoms with Crippen molar-refractivity contribution in [3.63, 3.8) is 0 Å². The molecular weight excluding hydrogens is 548 g/mol. The molecule has 3 aromatic carbocycles. The van der Waals surface area contributed by atoms with E-state index in [1.165, 1.54) is 16.2 Å². The Morgan fingerprint density at radius 2 is 1.95 bits per heavy atom. The van der Waals surface area contributed by atoms with E-state index in [-0.39, 0.29) is 17.4 Å². The molecule has 8 heteroatoms. The molecule has 0 saturated carbocycles. The monoisotopic (exact) mass is 582 g/mol. The summed E-state index contributed by atoms with van der Waals surface area (Å²) in [7, 11) is 0. The van der Waals surface area contributed by atoms with Gasteiger partial charge in [0.1, 0.15) is 23.4 Å². The van der Waals surface area contributed by atoms with Crippen LogP contribution in [0.4, 0.5) is 5.13 Å². The number of aryl methyl sites for hydroxylation is 2. The number of anilines is 1. The molecular formula is C34H34N2O5S. The summed E-state index contributed by atoms with van der Waals surface area (Å²) in [6.45, 7) is 10.8. The number of amides is 1. The van der Waals surface area contributed by atoms with Crippen LogP contribution in [0.25, 0.3) is 16.0 Å². The summed E-state index contributed by atoms with van der Waals surface area (Å²) in [5.41, 5.74) is 4.98. The molecule has 1 amide bonds. The van der Waals surface area contributed by atoms with Gasteiger partial charge in [0.25, 0.3) is 5.78 Å². The van der Waals surface area contributed by atoms with Crippen molar-refractivity contribution in [2.24, 2.45) is 5.92 Å². The highest BCUT2D eigenvalue weighted by Crippen LogP contribution is 2.45. The van der Waals surface area contributed by atoms with Gasteiger partial charge in [0.2, 0.25) is 0 Å². The first kappa shape index (κ1) is 28.0. The van der Waals surface area contributed by atoms with Crippen molar-refractivity contribution in [3.8, 4) is 11.5 Å². The Hall–Kier alpha value is -4.17. The lowest BCUT2D eigenvalue weighted by Gasteiger charge is -2.23. The van der Waals surface area contributed by atoms with Gasteiger partial charge in [-0.05, 0) is 91.8 Å². The quantitative estimate of drug-likeness (QED) is 0.140. The number of hydrogen-bond donors (Lipinski definition) is 1. The van der Waals surface area contributed by atoms with Gasteiger partial charge in [0.05, 0.1) is 28.4 Å². The molecule has 2 atom stereocenters. The Morgan fingerprint density at radius 1 is 1.14 bits per heavy atom. The third kappa shape index (κ3) is 5.04. The highest BCUT2D eigenvalue weighted by molar-refractivity contribution is 7.22. The average molecular weight is 583 g/mol. The van der Waals surface area contributed by atoms with Crippen LogP contribution < -0.4 is 14.4 Å². The fourth-order valence-electron chi connectivity index (χ4n) is 5.72. The number of ether oxygens (including phenoxy) is 2. The van der Waals surface area contributed by atoms with E-state index in [4.69, 9.17) is 14.5 Å². The average Bonchev–Trinajstić information content (AvgIpc) is 3.61. The predicted octanol–water partition coefficient (Wildman–Crippen LogP) is 7.29. The topological polar surface area (TPSA) is 89.0 Å². The molecule has 216 valence electrons. The van der Waals surface area contributed by atoms with Crippen molar-refractivity contribution in [2.75, 3.05) is 11.5 Å². The number of rotatable bonds is 7. The second-order valence-corrected chi connectivity index (χ2v) is 12.7. The van der Waals surface area contributed by atoms with E-state index in [0.717, 1.165) is 39.1 Å². The van der Waals surface area contributed by atoms with E-state index in [1.807, 2.05) is 63.2 Å². The van der Waals surface area contributed by atoms with Gasteiger partial charge in [-0.3, -0.25) is 14.5 Å². The Balaban J connectivity index is 1.50. The zero-order valence-electron chi connectivity index (χ0n) is 24.4. The zero-order valence-corrected chi connectivity index (χ0v) is 25.2. The van der Waals surface area contributed by atoms with E-state index in [1.54, 1.807) is 12.1 Å². The van der Waals surface area contributed by atoms with Crippen molar-refractivity contribution >= 4 is 44.1 Å². The number of aromatic nitrogens is 1. The van der Waals surface area contributed by atoms with Crippen LogP contribution in [-0.2, 0) is 16.0 Å². The second kappa shape index (κ2) is 10.9. The van der Waals surface area contributed by atoms with E-state index in [0.29, 0.717) is 41.0 Å². The summed E-state index contributed by atoms with van der Waals surface area (Å²) in [4.78, 5) is 33.8. The van der Waals surface area contributed by atoms with Crippen molar-refractivity contribution in [3.05, 3.63) is 88.0 Å².